The highest BCUT2D eigenvalue weighted by atomic mass is 16.5. The van der Waals surface area contributed by atoms with E-state index in [2.05, 4.69) is 10.3 Å². The quantitative estimate of drug-likeness (QED) is 0.727. The average Bonchev–Trinajstić information content (AvgIpc) is 2.56. The van der Waals surface area contributed by atoms with Crippen LogP contribution in [0, 0.1) is 0 Å². The lowest BCUT2D eigenvalue weighted by molar-refractivity contribution is 0.102. The van der Waals surface area contributed by atoms with Crippen LogP contribution < -0.4 is 10.1 Å². The molecule has 0 saturated carbocycles. The van der Waals surface area contributed by atoms with E-state index in [9.17, 15) is 4.79 Å². The van der Waals surface area contributed by atoms with E-state index in [1.54, 1.807) is 49.7 Å². The third kappa shape index (κ3) is 5.36. The zero-order valence-electron chi connectivity index (χ0n) is 13.0. The summed E-state index contributed by atoms with van der Waals surface area (Å²) in [4.78, 5) is 16.4. The third-order valence-corrected chi connectivity index (χ3v) is 3.12. The molecule has 0 aliphatic carbocycles. The SMILES string of the molecule is COCCOc1cccc(C(=O)Nc2cc(CCO)ccn2)c1. The molecule has 6 nitrogen and oxygen atoms in total. The normalized spacial score (nSPS) is 10.3. The van der Waals surface area contributed by atoms with Crippen LogP contribution in [0.3, 0.4) is 0 Å². The molecule has 0 unspecified atom stereocenters. The van der Waals surface area contributed by atoms with E-state index in [0.29, 0.717) is 36.8 Å². The molecule has 0 saturated heterocycles. The number of hydrogen-bond donors (Lipinski definition) is 2. The summed E-state index contributed by atoms with van der Waals surface area (Å²) in [5.74, 6) is 0.791. The number of nitrogens with zero attached hydrogens (tertiary/aromatic N) is 1. The second-order valence-electron chi connectivity index (χ2n) is 4.85. The molecule has 1 aromatic heterocycles. The Hall–Kier alpha value is -2.44. The number of aliphatic hydroxyl groups is 1. The van der Waals surface area contributed by atoms with Gasteiger partial charge in [-0.2, -0.15) is 0 Å². The Balaban J connectivity index is 2.02. The first-order valence-corrected chi connectivity index (χ1v) is 7.32. The third-order valence-electron chi connectivity index (χ3n) is 3.12. The van der Waals surface area contributed by atoms with E-state index in [-0.39, 0.29) is 12.5 Å². The Morgan fingerprint density at radius 1 is 1.26 bits per heavy atom. The maximum Gasteiger partial charge on any atom is 0.256 e. The molecule has 0 aliphatic rings. The number of ether oxygens (including phenoxy) is 2. The van der Waals surface area contributed by atoms with Crippen molar-refractivity contribution in [1.82, 2.24) is 4.98 Å². The lowest BCUT2D eigenvalue weighted by Gasteiger charge is -2.09. The zero-order valence-corrected chi connectivity index (χ0v) is 13.0. The van der Waals surface area contributed by atoms with Gasteiger partial charge in [0.25, 0.3) is 5.91 Å². The standard InChI is InChI=1S/C17H20N2O4/c1-22-9-10-23-15-4-2-3-14(12-15)17(21)19-16-11-13(6-8-20)5-7-18-16/h2-5,7,11-12,20H,6,8-10H2,1H3,(H,18,19,21). The summed E-state index contributed by atoms with van der Waals surface area (Å²) in [6, 6.07) is 10.5. The van der Waals surface area contributed by atoms with Gasteiger partial charge in [0.2, 0.25) is 0 Å². The van der Waals surface area contributed by atoms with Gasteiger partial charge in [0.1, 0.15) is 18.2 Å². The van der Waals surface area contributed by atoms with Gasteiger partial charge >= 0.3 is 0 Å². The molecule has 1 heterocycles. The van der Waals surface area contributed by atoms with Gasteiger partial charge in [0.05, 0.1) is 6.61 Å². The number of carbonyl (C=O) groups is 1. The van der Waals surface area contributed by atoms with Crippen molar-refractivity contribution in [2.75, 3.05) is 32.2 Å². The van der Waals surface area contributed by atoms with Gasteiger partial charge < -0.3 is 19.9 Å². The second kappa shape index (κ2) is 8.87. The maximum atomic E-state index is 12.3. The first-order valence-electron chi connectivity index (χ1n) is 7.32. The summed E-state index contributed by atoms with van der Waals surface area (Å²) in [7, 11) is 1.60. The number of benzene rings is 1. The number of carbonyl (C=O) groups excluding carboxylic acids is 1. The number of methoxy groups -OCH3 is 1. The van der Waals surface area contributed by atoms with Crippen molar-refractivity contribution < 1.29 is 19.4 Å². The van der Waals surface area contributed by atoms with Crippen LogP contribution in [0.25, 0.3) is 0 Å². The lowest BCUT2D eigenvalue weighted by Crippen LogP contribution is -2.13. The van der Waals surface area contributed by atoms with Crippen LogP contribution in [0.15, 0.2) is 42.6 Å². The van der Waals surface area contributed by atoms with Crippen molar-refractivity contribution in [2.24, 2.45) is 0 Å². The molecule has 6 heteroatoms. The summed E-state index contributed by atoms with van der Waals surface area (Å²) < 4.78 is 10.4. The van der Waals surface area contributed by atoms with Gasteiger partial charge in [0, 0.05) is 25.5 Å². The summed E-state index contributed by atoms with van der Waals surface area (Å²) >= 11 is 0. The van der Waals surface area contributed by atoms with Crippen LogP contribution in [-0.4, -0.2) is 42.9 Å². The van der Waals surface area contributed by atoms with Gasteiger partial charge in [-0.1, -0.05) is 6.07 Å². The second-order valence-corrected chi connectivity index (χ2v) is 4.85. The average molecular weight is 316 g/mol. The molecule has 0 spiro atoms. The number of pyridine rings is 1. The highest BCUT2D eigenvalue weighted by Gasteiger charge is 2.08. The van der Waals surface area contributed by atoms with Crippen LogP contribution >= 0.6 is 0 Å². The molecule has 2 aromatic rings. The van der Waals surface area contributed by atoms with Crippen molar-refractivity contribution in [1.29, 1.82) is 0 Å². The predicted molar refractivity (Wildman–Crippen MR) is 86.8 cm³/mol. The zero-order chi connectivity index (χ0) is 16.5. The van der Waals surface area contributed by atoms with E-state index < -0.39 is 0 Å². The maximum absolute atomic E-state index is 12.3. The Bertz CT molecular complexity index is 646. The Labute approximate surface area is 135 Å². The minimum Gasteiger partial charge on any atom is -0.491 e. The highest BCUT2D eigenvalue weighted by Crippen LogP contribution is 2.15. The number of hydrogen-bond acceptors (Lipinski definition) is 5. The van der Waals surface area contributed by atoms with Crippen LogP contribution in [0.5, 0.6) is 5.75 Å². The fourth-order valence-electron chi connectivity index (χ4n) is 1.99. The largest absolute Gasteiger partial charge is 0.491 e. The Morgan fingerprint density at radius 3 is 2.91 bits per heavy atom. The van der Waals surface area contributed by atoms with Crippen molar-refractivity contribution in [3.63, 3.8) is 0 Å². The summed E-state index contributed by atoms with van der Waals surface area (Å²) in [5.41, 5.74) is 1.39. The molecule has 0 fully saturated rings. The molecule has 23 heavy (non-hydrogen) atoms. The predicted octanol–water partition coefficient (Wildman–Crippen LogP) is 1.89. The number of anilines is 1. The fourth-order valence-corrected chi connectivity index (χ4v) is 1.99. The van der Waals surface area contributed by atoms with Crippen LogP contribution in [0.1, 0.15) is 15.9 Å². The van der Waals surface area contributed by atoms with Crippen molar-refractivity contribution in [3.8, 4) is 5.75 Å². The van der Waals surface area contributed by atoms with Crippen LogP contribution in [0.2, 0.25) is 0 Å². The summed E-state index contributed by atoms with van der Waals surface area (Å²) in [6.45, 7) is 0.961. The van der Waals surface area contributed by atoms with Gasteiger partial charge in [-0.15, -0.1) is 0 Å². The molecule has 1 amide bonds. The first-order chi connectivity index (χ1) is 11.2. The molecule has 2 N–H and O–H groups in total. The summed E-state index contributed by atoms with van der Waals surface area (Å²) in [6.07, 6.45) is 2.12. The molecule has 1 aromatic carbocycles. The molecule has 2 rings (SSSR count). The lowest BCUT2D eigenvalue weighted by atomic mass is 10.2. The van der Waals surface area contributed by atoms with E-state index in [1.807, 2.05) is 0 Å². The molecular weight excluding hydrogens is 296 g/mol. The highest BCUT2D eigenvalue weighted by molar-refractivity contribution is 6.04. The molecule has 122 valence electrons. The van der Waals surface area contributed by atoms with Crippen molar-refractivity contribution in [3.05, 3.63) is 53.7 Å². The molecule has 0 aliphatic heterocycles. The van der Waals surface area contributed by atoms with Crippen LogP contribution in [-0.2, 0) is 11.2 Å². The van der Waals surface area contributed by atoms with Crippen LogP contribution in [0.4, 0.5) is 5.82 Å². The molecule has 0 atom stereocenters. The van der Waals surface area contributed by atoms with Gasteiger partial charge in [-0.05, 0) is 42.3 Å². The number of amides is 1. The van der Waals surface area contributed by atoms with Gasteiger partial charge in [-0.25, -0.2) is 4.98 Å². The molecule has 0 radical (unpaired) electrons. The Kier molecular flexibility index (Phi) is 6.53. The number of nitrogens with one attached hydrogen (secondary N) is 1. The monoisotopic (exact) mass is 316 g/mol. The smallest absolute Gasteiger partial charge is 0.256 e. The van der Waals surface area contributed by atoms with Gasteiger partial charge in [0.15, 0.2) is 0 Å². The minimum absolute atomic E-state index is 0.0538. The minimum atomic E-state index is -0.268. The van der Waals surface area contributed by atoms with E-state index in [1.165, 1.54) is 0 Å². The van der Waals surface area contributed by atoms with Crippen molar-refractivity contribution in [2.45, 2.75) is 6.42 Å². The first kappa shape index (κ1) is 16.9. The topological polar surface area (TPSA) is 80.7 Å². The molecular formula is C17H20N2O4. The van der Waals surface area contributed by atoms with Crippen molar-refractivity contribution >= 4 is 11.7 Å². The van der Waals surface area contributed by atoms with Gasteiger partial charge in [-0.3, -0.25) is 4.79 Å². The molecule has 0 bridgehead atoms. The number of rotatable bonds is 8. The summed E-state index contributed by atoms with van der Waals surface area (Å²) in [5, 5.41) is 11.7. The van der Waals surface area contributed by atoms with E-state index >= 15 is 0 Å². The fraction of sp³-hybridized carbons (Fsp3) is 0.294. The van der Waals surface area contributed by atoms with E-state index in [4.69, 9.17) is 14.6 Å². The van der Waals surface area contributed by atoms with E-state index in [0.717, 1.165) is 5.56 Å². The number of aromatic nitrogens is 1. The Morgan fingerprint density at radius 2 is 2.13 bits per heavy atom. The number of aliphatic hydroxyl groups excluding tert-OH is 1.